The van der Waals surface area contributed by atoms with Gasteiger partial charge in [0.1, 0.15) is 17.7 Å². The Kier molecular flexibility index (Phi) is 4.41. The summed E-state index contributed by atoms with van der Waals surface area (Å²) in [6, 6.07) is 12.6. The molecule has 0 radical (unpaired) electrons. The van der Waals surface area contributed by atoms with E-state index in [9.17, 15) is 15.4 Å². The van der Waals surface area contributed by atoms with Crippen molar-refractivity contribution in [3.63, 3.8) is 0 Å². The third kappa shape index (κ3) is 3.05. The van der Waals surface area contributed by atoms with Gasteiger partial charge < -0.3 is 15.1 Å². The number of benzene rings is 2. The molecule has 0 bridgehead atoms. The van der Waals surface area contributed by atoms with Crippen LogP contribution >= 0.6 is 0 Å². The standard InChI is InChI=1S/C16H15N4O4/c1-10-6-8-11(9-7-10)20-14(16(22)24-19-20)15(18-23)17-12-4-2-3-5-13(12)21/h2-9,14,16,19H,1H3,(H,21,23)/q-1/p+1. The summed E-state index contributed by atoms with van der Waals surface area (Å²) in [5, 5.41) is 35.1. The highest BCUT2D eigenvalue weighted by Crippen LogP contribution is 2.27. The summed E-state index contributed by atoms with van der Waals surface area (Å²) in [7, 11) is 0. The van der Waals surface area contributed by atoms with Crippen molar-refractivity contribution >= 4 is 17.2 Å². The van der Waals surface area contributed by atoms with E-state index in [1.165, 1.54) is 10.8 Å². The van der Waals surface area contributed by atoms with Crippen molar-refractivity contribution < 1.29 is 25.0 Å². The van der Waals surface area contributed by atoms with E-state index in [0.717, 1.165) is 5.56 Å². The molecule has 1 aliphatic heterocycles. The highest BCUT2D eigenvalue weighted by atomic mass is 16.7. The number of aromatic hydroxyl groups is 1. The molecule has 0 amide bonds. The van der Waals surface area contributed by atoms with Gasteiger partial charge in [0.05, 0.1) is 0 Å². The molecule has 2 aromatic rings. The number of nitrogens with one attached hydrogen (secondary N) is 1. The van der Waals surface area contributed by atoms with Gasteiger partial charge in [0.15, 0.2) is 5.28 Å². The molecule has 1 heterocycles. The Hall–Kier alpha value is -2.97. The van der Waals surface area contributed by atoms with Crippen LogP contribution in [0, 0.1) is 6.92 Å². The molecule has 2 aromatic carbocycles. The molecule has 0 fully saturated rings. The highest BCUT2D eigenvalue weighted by molar-refractivity contribution is 5.88. The van der Waals surface area contributed by atoms with Crippen molar-refractivity contribution in [1.82, 2.24) is 5.48 Å². The maximum Gasteiger partial charge on any atom is 0.271 e. The SMILES string of the molecule is Cc1ccc([N+]2=NOC([O-])C2C(=Nc2ccccc2O)NO)cc1. The smallest absolute Gasteiger partial charge is 0.271 e. The third-order valence-electron chi connectivity index (χ3n) is 3.58. The predicted molar refractivity (Wildman–Crippen MR) is 82.3 cm³/mol. The van der Waals surface area contributed by atoms with Crippen LogP contribution in [0.25, 0.3) is 0 Å². The fourth-order valence-electron chi connectivity index (χ4n) is 2.32. The highest BCUT2D eigenvalue weighted by Gasteiger charge is 2.41. The third-order valence-corrected chi connectivity index (χ3v) is 3.58. The van der Waals surface area contributed by atoms with Crippen molar-refractivity contribution in [3.8, 4) is 5.75 Å². The summed E-state index contributed by atoms with van der Waals surface area (Å²) in [6.07, 6.45) is -1.59. The number of phenols is 1. The predicted octanol–water partition coefficient (Wildman–Crippen LogP) is 1.51. The molecular formula is C16H16N4O4. The first-order valence-electron chi connectivity index (χ1n) is 7.25. The van der Waals surface area contributed by atoms with E-state index in [1.54, 1.807) is 30.3 Å². The minimum absolute atomic E-state index is 0.0783. The Labute approximate surface area is 137 Å². The summed E-state index contributed by atoms with van der Waals surface area (Å²) < 4.78 is 1.33. The first-order valence-corrected chi connectivity index (χ1v) is 7.25. The molecule has 1 aliphatic rings. The summed E-state index contributed by atoms with van der Waals surface area (Å²) >= 11 is 0. The molecule has 24 heavy (non-hydrogen) atoms. The fraction of sp³-hybridized carbons (Fsp3) is 0.188. The Balaban J connectivity index is 1.99. The first kappa shape index (κ1) is 15.9. The lowest BCUT2D eigenvalue weighted by Crippen LogP contribution is -2.49. The van der Waals surface area contributed by atoms with Gasteiger partial charge in [-0.1, -0.05) is 29.8 Å². The van der Waals surface area contributed by atoms with Crippen LogP contribution in [0.5, 0.6) is 5.75 Å². The van der Waals surface area contributed by atoms with Crippen LogP contribution in [0.1, 0.15) is 5.56 Å². The first-order chi connectivity index (χ1) is 11.6. The number of amidine groups is 1. The zero-order valence-corrected chi connectivity index (χ0v) is 12.8. The zero-order chi connectivity index (χ0) is 17.1. The van der Waals surface area contributed by atoms with Gasteiger partial charge in [-0.25, -0.2) is 10.5 Å². The quantitative estimate of drug-likeness (QED) is 0.342. The van der Waals surface area contributed by atoms with E-state index in [2.05, 4.69) is 10.3 Å². The second kappa shape index (κ2) is 6.65. The summed E-state index contributed by atoms with van der Waals surface area (Å²) in [5.74, 6) is -0.163. The number of aliphatic imine (C=N–C) groups is 1. The number of rotatable bonds is 3. The molecule has 3 N–H and O–H groups in total. The largest absolute Gasteiger partial charge is 0.814 e. The summed E-state index contributed by atoms with van der Waals surface area (Å²) in [4.78, 5) is 8.94. The summed E-state index contributed by atoms with van der Waals surface area (Å²) in [5.41, 5.74) is 3.79. The topological polar surface area (TPSA) is 113 Å². The van der Waals surface area contributed by atoms with E-state index in [4.69, 9.17) is 4.84 Å². The van der Waals surface area contributed by atoms with E-state index in [-0.39, 0.29) is 17.3 Å². The van der Waals surface area contributed by atoms with E-state index in [1.807, 2.05) is 24.5 Å². The molecule has 0 saturated heterocycles. The van der Waals surface area contributed by atoms with Crippen LogP contribution in [-0.4, -0.2) is 33.2 Å². The van der Waals surface area contributed by atoms with Crippen molar-refractivity contribution in [2.45, 2.75) is 19.3 Å². The van der Waals surface area contributed by atoms with E-state index in [0.29, 0.717) is 5.69 Å². The van der Waals surface area contributed by atoms with Gasteiger partial charge in [0.25, 0.3) is 6.04 Å². The molecule has 3 rings (SSSR count). The average molecular weight is 328 g/mol. The number of aryl methyl sites for hydroxylation is 1. The maximum absolute atomic E-state index is 12.1. The maximum atomic E-state index is 12.1. The van der Waals surface area contributed by atoms with Crippen molar-refractivity contribution in [3.05, 3.63) is 54.1 Å². The average Bonchev–Trinajstić information content (AvgIpc) is 2.96. The van der Waals surface area contributed by atoms with Gasteiger partial charge in [-0.3, -0.25) is 5.21 Å². The van der Waals surface area contributed by atoms with Gasteiger partial charge in [-0.15, -0.1) is 0 Å². The van der Waals surface area contributed by atoms with Gasteiger partial charge in [0, 0.05) is 12.1 Å². The molecular weight excluding hydrogens is 312 g/mol. The number of nitrogens with zero attached hydrogens (tertiary/aromatic N) is 3. The van der Waals surface area contributed by atoms with Crippen LogP contribution in [0.15, 0.2) is 58.8 Å². The van der Waals surface area contributed by atoms with Gasteiger partial charge in [-0.05, 0) is 23.8 Å². The van der Waals surface area contributed by atoms with Crippen molar-refractivity contribution in [1.29, 1.82) is 0 Å². The second-order valence-corrected chi connectivity index (χ2v) is 5.28. The van der Waals surface area contributed by atoms with Crippen LogP contribution in [0.3, 0.4) is 0 Å². The Morgan fingerprint density at radius 1 is 1.25 bits per heavy atom. The summed E-state index contributed by atoms with van der Waals surface area (Å²) in [6.45, 7) is 1.94. The number of hydrogen-bond donors (Lipinski definition) is 3. The Bertz CT molecular complexity index is 789. The number of phenolic OH excluding ortho intramolecular Hbond substituents is 1. The fourth-order valence-corrected chi connectivity index (χ4v) is 2.32. The molecule has 8 heteroatoms. The van der Waals surface area contributed by atoms with Crippen molar-refractivity contribution in [2.24, 2.45) is 10.3 Å². The van der Waals surface area contributed by atoms with Gasteiger partial charge in [0.2, 0.25) is 11.5 Å². The molecule has 0 saturated carbocycles. The molecule has 124 valence electrons. The second-order valence-electron chi connectivity index (χ2n) is 5.28. The Morgan fingerprint density at radius 2 is 1.96 bits per heavy atom. The van der Waals surface area contributed by atoms with E-state index >= 15 is 0 Å². The molecule has 8 nitrogen and oxygen atoms in total. The van der Waals surface area contributed by atoms with Crippen LogP contribution in [-0.2, 0) is 4.84 Å². The van der Waals surface area contributed by atoms with Crippen molar-refractivity contribution in [2.75, 3.05) is 0 Å². The number of hydrogen-bond acceptors (Lipinski definition) is 6. The monoisotopic (exact) mass is 328 g/mol. The molecule has 0 spiro atoms. The minimum Gasteiger partial charge on any atom is -0.814 e. The normalized spacial score (nSPS) is 20.5. The van der Waals surface area contributed by atoms with Crippen LogP contribution < -0.4 is 10.6 Å². The van der Waals surface area contributed by atoms with Gasteiger partial charge >= 0.3 is 0 Å². The van der Waals surface area contributed by atoms with Crippen LogP contribution in [0.4, 0.5) is 11.4 Å². The lowest BCUT2D eigenvalue weighted by molar-refractivity contribution is -0.558. The number of para-hydroxylation sites is 2. The lowest BCUT2D eigenvalue weighted by atomic mass is 10.2. The molecule has 0 aromatic heterocycles. The zero-order valence-electron chi connectivity index (χ0n) is 12.8. The van der Waals surface area contributed by atoms with Crippen LogP contribution in [0.2, 0.25) is 0 Å². The van der Waals surface area contributed by atoms with Gasteiger partial charge in [-0.2, -0.15) is 0 Å². The minimum atomic E-state index is -1.59. The lowest BCUT2D eigenvalue weighted by Gasteiger charge is -2.17. The molecule has 2 atom stereocenters. The van der Waals surface area contributed by atoms with E-state index < -0.39 is 12.3 Å². The Morgan fingerprint density at radius 3 is 2.62 bits per heavy atom. The number of hydroxylamine groups is 1. The molecule has 2 unspecified atom stereocenters. The molecule has 0 aliphatic carbocycles.